The Bertz CT molecular complexity index is 68.0. The van der Waals surface area contributed by atoms with Gasteiger partial charge in [0.25, 0.3) is 0 Å². The van der Waals surface area contributed by atoms with Gasteiger partial charge in [0.1, 0.15) is 4.84 Å². The molecule has 0 amide bonds. The lowest BCUT2D eigenvalue weighted by Crippen LogP contribution is -2.29. The molecule has 0 atom stereocenters. The monoisotopic (exact) mass is 170 g/mol. The fraction of sp³-hybridized carbons (Fsp3) is 1.00. The molecule has 0 aliphatic heterocycles. The third kappa shape index (κ3) is 6.38. The lowest BCUT2D eigenvalue weighted by molar-refractivity contribution is 0.358. The summed E-state index contributed by atoms with van der Waals surface area (Å²) in [6.07, 6.45) is 0. The molecule has 0 saturated heterocycles. The fourth-order valence-electron chi connectivity index (χ4n) is 0.547. The Kier molecular flexibility index (Phi) is 5.59. The Labute approximate surface area is 65.9 Å². The van der Waals surface area contributed by atoms with Crippen LogP contribution in [0.25, 0.3) is 0 Å². The van der Waals surface area contributed by atoms with Crippen LogP contribution in [0.1, 0.15) is 0 Å². The summed E-state index contributed by atoms with van der Waals surface area (Å²) >= 11 is 11.0. The van der Waals surface area contributed by atoms with E-state index in [2.05, 4.69) is 0 Å². The molecule has 56 valence electrons. The second-order valence-electron chi connectivity index (χ2n) is 1.94. The van der Waals surface area contributed by atoms with Gasteiger partial charge in [0.05, 0.1) is 0 Å². The molecule has 0 aromatic heterocycles. The summed E-state index contributed by atoms with van der Waals surface area (Å²) in [7, 11) is 1.94. The molecule has 0 fully saturated rings. The van der Waals surface area contributed by atoms with Crippen LogP contribution in [0, 0.1) is 0 Å². The van der Waals surface area contributed by atoms with E-state index in [4.69, 9.17) is 28.9 Å². The van der Waals surface area contributed by atoms with Crippen LogP contribution in [-0.4, -0.2) is 36.4 Å². The Morgan fingerprint density at radius 2 is 2.11 bits per heavy atom. The molecule has 9 heavy (non-hydrogen) atoms. The first-order valence-electron chi connectivity index (χ1n) is 2.83. The summed E-state index contributed by atoms with van der Waals surface area (Å²) < 4.78 is 0. The van der Waals surface area contributed by atoms with Crippen molar-refractivity contribution in [1.82, 2.24) is 4.90 Å². The average Bonchev–Trinajstić information content (AvgIpc) is 1.63. The molecule has 0 saturated carbocycles. The molecular formula is C5H12Cl2N2. The van der Waals surface area contributed by atoms with Gasteiger partial charge in [0.15, 0.2) is 0 Å². The third-order valence-corrected chi connectivity index (χ3v) is 1.24. The summed E-state index contributed by atoms with van der Waals surface area (Å²) in [5, 5.41) is 0. The van der Waals surface area contributed by atoms with Crippen molar-refractivity contribution < 1.29 is 0 Å². The van der Waals surface area contributed by atoms with E-state index in [-0.39, 0.29) is 4.84 Å². The van der Waals surface area contributed by atoms with Gasteiger partial charge < -0.3 is 10.6 Å². The molecule has 0 aromatic rings. The smallest absolute Gasteiger partial charge is 0.120 e. The maximum Gasteiger partial charge on any atom is 0.120 e. The molecule has 0 rings (SSSR count). The molecule has 0 bridgehead atoms. The van der Waals surface area contributed by atoms with Crippen LogP contribution in [0.4, 0.5) is 0 Å². The van der Waals surface area contributed by atoms with Gasteiger partial charge in [0, 0.05) is 19.6 Å². The fourth-order valence-corrected chi connectivity index (χ4v) is 1.02. The minimum Gasteiger partial charge on any atom is -0.329 e. The number of hydrogen-bond donors (Lipinski definition) is 1. The van der Waals surface area contributed by atoms with E-state index in [0.717, 1.165) is 6.54 Å². The number of nitrogens with two attached hydrogens (primary N) is 1. The van der Waals surface area contributed by atoms with Crippen LogP contribution in [0.5, 0.6) is 0 Å². The van der Waals surface area contributed by atoms with Crippen LogP contribution in [0.3, 0.4) is 0 Å². The first-order valence-corrected chi connectivity index (χ1v) is 3.71. The van der Waals surface area contributed by atoms with E-state index in [1.54, 1.807) is 0 Å². The van der Waals surface area contributed by atoms with Crippen molar-refractivity contribution in [3.63, 3.8) is 0 Å². The summed E-state index contributed by atoms with van der Waals surface area (Å²) in [6, 6.07) is 0. The summed E-state index contributed by atoms with van der Waals surface area (Å²) in [4.78, 5) is 1.69. The number of halogens is 2. The Morgan fingerprint density at radius 3 is 2.44 bits per heavy atom. The van der Waals surface area contributed by atoms with Gasteiger partial charge in [-0.1, -0.05) is 0 Å². The highest BCUT2D eigenvalue weighted by Crippen LogP contribution is 2.01. The van der Waals surface area contributed by atoms with Crippen LogP contribution in [-0.2, 0) is 0 Å². The molecule has 0 unspecified atom stereocenters. The number of hydrogen-bond acceptors (Lipinski definition) is 2. The van der Waals surface area contributed by atoms with Crippen molar-refractivity contribution in [1.29, 1.82) is 0 Å². The van der Waals surface area contributed by atoms with E-state index in [1.165, 1.54) is 0 Å². The van der Waals surface area contributed by atoms with E-state index in [0.29, 0.717) is 13.1 Å². The standard InChI is InChI=1S/C5H12Cl2N2/c1-9(3-2-8)4-5(6)7/h5H,2-4,8H2,1H3. The Morgan fingerprint density at radius 1 is 1.56 bits per heavy atom. The second kappa shape index (κ2) is 5.30. The van der Waals surface area contributed by atoms with Crippen molar-refractivity contribution >= 4 is 23.2 Å². The van der Waals surface area contributed by atoms with Gasteiger partial charge in [-0.05, 0) is 7.05 Å². The predicted octanol–water partition coefficient (Wildman–Crippen LogP) is 0.681. The first kappa shape index (κ1) is 9.50. The molecule has 0 aromatic carbocycles. The van der Waals surface area contributed by atoms with Crippen molar-refractivity contribution in [3.8, 4) is 0 Å². The predicted molar refractivity (Wildman–Crippen MR) is 42.0 cm³/mol. The molecule has 0 aliphatic rings. The van der Waals surface area contributed by atoms with Gasteiger partial charge in [-0.2, -0.15) is 0 Å². The van der Waals surface area contributed by atoms with Gasteiger partial charge in [-0.15, -0.1) is 23.2 Å². The largest absolute Gasteiger partial charge is 0.329 e. The molecule has 2 nitrogen and oxygen atoms in total. The number of likely N-dealkylation sites (N-methyl/N-ethyl adjacent to an activating group) is 1. The molecule has 0 radical (unpaired) electrons. The second-order valence-corrected chi connectivity index (χ2v) is 3.22. The van der Waals surface area contributed by atoms with Crippen molar-refractivity contribution in [2.24, 2.45) is 5.73 Å². The third-order valence-electron chi connectivity index (χ3n) is 0.961. The summed E-state index contributed by atoms with van der Waals surface area (Å²) in [5.74, 6) is 0. The molecular weight excluding hydrogens is 159 g/mol. The van der Waals surface area contributed by atoms with E-state index in [1.807, 2.05) is 11.9 Å². The lowest BCUT2D eigenvalue weighted by Gasteiger charge is -2.14. The maximum atomic E-state index is 5.49. The molecule has 0 aliphatic carbocycles. The van der Waals surface area contributed by atoms with E-state index in [9.17, 15) is 0 Å². The van der Waals surface area contributed by atoms with Crippen LogP contribution < -0.4 is 5.73 Å². The van der Waals surface area contributed by atoms with E-state index >= 15 is 0 Å². The first-order chi connectivity index (χ1) is 4.16. The zero-order valence-corrected chi connectivity index (χ0v) is 6.99. The topological polar surface area (TPSA) is 29.3 Å². The van der Waals surface area contributed by atoms with Crippen molar-refractivity contribution in [2.75, 3.05) is 26.7 Å². The normalized spacial score (nSPS) is 11.3. The Balaban J connectivity index is 3.15. The molecule has 0 spiro atoms. The van der Waals surface area contributed by atoms with Crippen LogP contribution in [0.15, 0.2) is 0 Å². The zero-order valence-electron chi connectivity index (χ0n) is 5.48. The summed E-state index contributed by atoms with van der Waals surface area (Å²) in [6.45, 7) is 2.17. The summed E-state index contributed by atoms with van der Waals surface area (Å²) in [5.41, 5.74) is 5.28. The van der Waals surface area contributed by atoms with Gasteiger partial charge in [-0.3, -0.25) is 0 Å². The molecule has 4 heteroatoms. The van der Waals surface area contributed by atoms with Gasteiger partial charge >= 0.3 is 0 Å². The zero-order chi connectivity index (χ0) is 7.28. The number of alkyl halides is 2. The Hall–Kier alpha value is 0.500. The SMILES string of the molecule is CN(CCN)CC(Cl)Cl. The number of nitrogens with zero attached hydrogens (tertiary/aromatic N) is 1. The average molecular weight is 171 g/mol. The van der Waals surface area contributed by atoms with Crippen LogP contribution >= 0.6 is 23.2 Å². The molecule has 0 heterocycles. The minimum atomic E-state index is -0.304. The maximum absolute atomic E-state index is 5.49. The van der Waals surface area contributed by atoms with Gasteiger partial charge in [0.2, 0.25) is 0 Å². The molecule has 2 N–H and O–H groups in total. The number of rotatable bonds is 4. The highest BCUT2D eigenvalue weighted by molar-refractivity contribution is 6.44. The minimum absolute atomic E-state index is 0.304. The quantitative estimate of drug-likeness (QED) is 0.630. The lowest BCUT2D eigenvalue weighted by atomic mass is 10.5. The van der Waals surface area contributed by atoms with Crippen molar-refractivity contribution in [3.05, 3.63) is 0 Å². The van der Waals surface area contributed by atoms with Gasteiger partial charge in [-0.25, -0.2) is 0 Å². The highest BCUT2D eigenvalue weighted by atomic mass is 35.5. The highest BCUT2D eigenvalue weighted by Gasteiger charge is 2.01. The van der Waals surface area contributed by atoms with Crippen LogP contribution in [0.2, 0.25) is 0 Å². The van der Waals surface area contributed by atoms with Crippen molar-refractivity contribution in [2.45, 2.75) is 4.84 Å². The van der Waals surface area contributed by atoms with E-state index < -0.39 is 0 Å².